The fourth-order valence-corrected chi connectivity index (χ4v) is 2.47. The van der Waals surface area contributed by atoms with Gasteiger partial charge < -0.3 is 20.1 Å². The molecule has 0 bridgehead atoms. The molecule has 3 rings (SSSR count). The third-order valence-electron chi connectivity index (χ3n) is 3.54. The van der Waals surface area contributed by atoms with Crippen LogP contribution in [0.4, 0.5) is 0 Å². The largest absolute Gasteiger partial charge is 0.508 e. The third kappa shape index (κ3) is 2.33. The molecule has 108 valence electrons. The molecule has 7 nitrogen and oxygen atoms in total. The van der Waals surface area contributed by atoms with Crippen LogP contribution in [0, 0.1) is 0 Å². The topological polar surface area (TPSA) is 107 Å². The summed E-state index contributed by atoms with van der Waals surface area (Å²) in [6.45, 7) is 0.154. The van der Waals surface area contributed by atoms with E-state index in [0.29, 0.717) is 5.69 Å². The number of fused-ring (bicyclic) bond motifs is 1. The summed E-state index contributed by atoms with van der Waals surface area (Å²) < 4.78 is 0. The fourth-order valence-electron chi connectivity index (χ4n) is 2.47. The van der Waals surface area contributed by atoms with Crippen molar-refractivity contribution in [3.8, 4) is 5.75 Å². The van der Waals surface area contributed by atoms with Gasteiger partial charge in [-0.25, -0.2) is 9.78 Å². The lowest BCUT2D eigenvalue weighted by atomic mass is 10.0. The van der Waals surface area contributed by atoms with Crippen LogP contribution in [0.3, 0.4) is 0 Å². The number of carbonyl (C=O) groups excluding carboxylic acids is 1. The van der Waals surface area contributed by atoms with Gasteiger partial charge in [0.25, 0.3) is 5.91 Å². The molecule has 0 aliphatic carbocycles. The first-order valence-corrected chi connectivity index (χ1v) is 6.40. The van der Waals surface area contributed by atoms with Crippen molar-refractivity contribution >= 4 is 11.9 Å². The molecule has 1 aromatic carbocycles. The lowest BCUT2D eigenvalue weighted by Crippen LogP contribution is -2.48. The number of amides is 1. The Morgan fingerprint density at radius 2 is 2.19 bits per heavy atom. The van der Waals surface area contributed by atoms with Gasteiger partial charge in [0.2, 0.25) is 0 Å². The maximum atomic E-state index is 12.5. The first-order valence-electron chi connectivity index (χ1n) is 6.40. The van der Waals surface area contributed by atoms with Crippen molar-refractivity contribution < 1.29 is 19.8 Å². The number of hydrogen-bond acceptors (Lipinski definition) is 4. The molecule has 1 amide bonds. The van der Waals surface area contributed by atoms with E-state index in [1.807, 2.05) is 0 Å². The summed E-state index contributed by atoms with van der Waals surface area (Å²) in [7, 11) is 0. The zero-order valence-electron chi connectivity index (χ0n) is 11.0. The highest BCUT2D eigenvalue weighted by atomic mass is 16.4. The van der Waals surface area contributed by atoms with Gasteiger partial charge in [0, 0.05) is 12.0 Å². The minimum atomic E-state index is -1.07. The number of aromatic nitrogens is 2. The monoisotopic (exact) mass is 287 g/mol. The zero-order valence-corrected chi connectivity index (χ0v) is 11.0. The number of imidazole rings is 1. The molecule has 0 fully saturated rings. The smallest absolute Gasteiger partial charge is 0.326 e. The van der Waals surface area contributed by atoms with Gasteiger partial charge in [-0.1, -0.05) is 6.07 Å². The van der Waals surface area contributed by atoms with Crippen molar-refractivity contribution in [1.82, 2.24) is 14.9 Å². The average molecular weight is 287 g/mol. The molecule has 1 aliphatic heterocycles. The van der Waals surface area contributed by atoms with E-state index < -0.39 is 17.9 Å². The number of H-pyrrole nitrogens is 1. The van der Waals surface area contributed by atoms with Crippen LogP contribution in [0.2, 0.25) is 0 Å². The van der Waals surface area contributed by atoms with Gasteiger partial charge in [-0.3, -0.25) is 4.79 Å². The number of nitrogens with one attached hydrogen (secondary N) is 1. The summed E-state index contributed by atoms with van der Waals surface area (Å²) in [5.41, 5.74) is 1.66. The molecular formula is C14H13N3O4. The molecule has 1 atom stereocenters. The van der Waals surface area contributed by atoms with E-state index in [1.165, 1.54) is 23.4 Å². The van der Waals surface area contributed by atoms with Gasteiger partial charge in [-0.2, -0.15) is 0 Å². The van der Waals surface area contributed by atoms with Crippen molar-refractivity contribution in [3.63, 3.8) is 0 Å². The maximum absolute atomic E-state index is 12.5. The van der Waals surface area contributed by atoms with Crippen molar-refractivity contribution in [2.75, 3.05) is 0 Å². The summed E-state index contributed by atoms with van der Waals surface area (Å²) >= 11 is 0. The number of carbonyl (C=O) groups is 2. The molecule has 2 heterocycles. The first kappa shape index (κ1) is 13.2. The number of aromatic hydroxyl groups is 1. The highest BCUT2D eigenvalue weighted by molar-refractivity contribution is 5.97. The number of nitrogens with zero attached hydrogens (tertiary/aromatic N) is 2. The zero-order chi connectivity index (χ0) is 15.0. The molecule has 21 heavy (non-hydrogen) atoms. The second kappa shape index (κ2) is 4.93. The van der Waals surface area contributed by atoms with E-state index in [1.54, 1.807) is 12.1 Å². The van der Waals surface area contributed by atoms with Crippen LogP contribution >= 0.6 is 0 Å². The van der Waals surface area contributed by atoms with Gasteiger partial charge in [-0.05, 0) is 18.2 Å². The molecule has 0 saturated heterocycles. The second-order valence-electron chi connectivity index (χ2n) is 4.87. The standard InChI is InChI=1S/C14H13N3O4/c18-9-3-1-2-8(4-9)13(19)17-6-11-10(15-7-16-11)5-12(17)14(20)21/h1-4,7,12,18H,5-6H2,(H,15,16)(H,20,21). The van der Waals surface area contributed by atoms with E-state index in [0.717, 1.165) is 5.69 Å². The number of carboxylic acid groups (broad SMARTS) is 1. The lowest BCUT2D eigenvalue weighted by Gasteiger charge is -2.32. The number of benzene rings is 1. The number of carboxylic acids is 1. The van der Waals surface area contributed by atoms with Crippen LogP contribution in [0.5, 0.6) is 5.75 Å². The number of phenols is 1. The quantitative estimate of drug-likeness (QED) is 0.756. The van der Waals surface area contributed by atoms with Crippen LogP contribution < -0.4 is 0 Å². The predicted molar refractivity (Wildman–Crippen MR) is 71.7 cm³/mol. The average Bonchev–Trinajstić information content (AvgIpc) is 2.92. The SMILES string of the molecule is O=C(O)C1Cc2nc[nH]c2CN1C(=O)c1cccc(O)c1. The number of hydrogen-bond donors (Lipinski definition) is 3. The Morgan fingerprint density at radius 1 is 1.38 bits per heavy atom. The highest BCUT2D eigenvalue weighted by Crippen LogP contribution is 2.23. The van der Waals surface area contributed by atoms with Crippen LogP contribution in [0.25, 0.3) is 0 Å². The van der Waals surface area contributed by atoms with Gasteiger partial charge in [-0.15, -0.1) is 0 Å². The Balaban J connectivity index is 1.95. The lowest BCUT2D eigenvalue weighted by molar-refractivity contribution is -0.142. The molecule has 1 aliphatic rings. The molecule has 0 spiro atoms. The van der Waals surface area contributed by atoms with Crippen LogP contribution in [-0.2, 0) is 17.8 Å². The van der Waals surface area contributed by atoms with Crippen LogP contribution in [0.15, 0.2) is 30.6 Å². The van der Waals surface area contributed by atoms with E-state index >= 15 is 0 Å². The Morgan fingerprint density at radius 3 is 2.90 bits per heavy atom. The number of phenolic OH excluding ortho intramolecular Hbond substituents is 1. The van der Waals surface area contributed by atoms with Crippen LogP contribution in [-0.4, -0.2) is 43.0 Å². The predicted octanol–water partition coefficient (Wildman–Crippen LogP) is 0.767. The minimum absolute atomic E-state index is 0.0352. The maximum Gasteiger partial charge on any atom is 0.326 e. The van der Waals surface area contributed by atoms with Crippen molar-refractivity contribution in [2.45, 2.75) is 19.0 Å². The molecule has 3 N–H and O–H groups in total. The number of aliphatic carboxylic acids is 1. The molecule has 2 aromatic rings. The van der Waals surface area contributed by atoms with Crippen molar-refractivity contribution in [2.24, 2.45) is 0 Å². The summed E-state index contributed by atoms with van der Waals surface area (Å²) in [4.78, 5) is 32.2. The Hall–Kier alpha value is -2.83. The Kier molecular flexibility index (Phi) is 3.09. The molecule has 1 unspecified atom stereocenters. The molecular weight excluding hydrogens is 274 g/mol. The van der Waals surface area contributed by atoms with Gasteiger partial charge in [0.05, 0.1) is 24.3 Å². The summed E-state index contributed by atoms with van der Waals surface area (Å²) in [5, 5.41) is 18.8. The van der Waals surface area contributed by atoms with E-state index in [9.17, 15) is 19.8 Å². The molecule has 7 heteroatoms. The normalized spacial score (nSPS) is 17.3. The highest BCUT2D eigenvalue weighted by Gasteiger charge is 2.36. The summed E-state index contributed by atoms with van der Waals surface area (Å²) in [5.74, 6) is -1.54. The number of rotatable bonds is 2. The van der Waals surface area contributed by atoms with Crippen molar-refractivity contribution in [1.29, 1.82) is 0 Å². The summed E-state index contributed by atoms with van der Waals surface area (Å²) in [6, 6.07) is 4.90. The molecule has 0 saturated carbocycles. The van der Waals surface area contributed by atoms with Gasteiger partial charge in [0.15, 0.2) is 0 Å². The number of aromatic amines is 1. The third-order valence-corrected chi connectivity index (χ3v) is 3.54. The molecule has 1 aromatic heterocycles. The fraction of sp³-hybridized carbons (Fsp3) is 0.214. The minimum Gasteiger partial charge on any atom is -0.508 e. The van der Waals surface area contributed by atoms with Crippen LogP contribution in [0.1, 0.15) is 21.7 Å². The Labute approximate surface area is 119 Å². The van der Waals surface area contributed by atoms with Gasteiger partial charge >= 0.3 is 5.97 Å². The van der Waals surface area contributed by atoms with Crippen molar-refractivity contribution in [3.05, 3.63) is 47.5 Å². The van der Waals surface area contributed by atoms with Gasteiger partial charge in [0.1, 0.15) is 11.8 Å². The first-order chi connectivity index (χ1) is 10.1. The summed E-state index contributed by atoms with van der Waals surface area (Å²) in [6.07, 6.45) is 1.66. The Bertz CT molecular complexity index is 710. The van der Waals surface area contributed by atoms with E-state index in [4.69, 9.17) is 0 Å². The van der Waals surface area contributed by atoms with E-state index in [2.05, 4.69) is 9.97 Å². The molecule has 0 radical (unpaired) electrons. The second-order valence-corrected chi connectivity index (χ2v) is 4.87. The van der Waals surface area contributed by atoms with E-state index in [-0.39, 0.29) is 24.3 Å².